The van der Waals surface area contributed by atoms with Crippen LogP contribution in [-0.2, 0) is 23.6 Å². The molecule has 0 aliphatic rings. The van der Waals surface area contributed by atoms with Crippen molar-refractivity contribution in [2.24, 2.45) is 7.05 Å². The van der Waals surface area contributed by atoms with Crippen molar-refractivity contribution >= 4 is 21.6 Å². The maximum absolute atomic E-state index is 12.5. The fourth-order valence-electron chi connectivity index (χ4n) is 2.25. The van der Waals surface area contributed by atoms with Gasteiger partial charge in [-0.25, -0.2) is 18.1 Å². The number of benzene rings is 1. The van der Waals surface area contributed by atoms with Gasteiger partial charge in [-0.05, 0) is 30.3 Å². The monoisotopic (exact) mass is 371 g/mol. The summed E-state index contributed by atoms with van der Waals surface area (Å²) in [5, 5.41) is 2.67. The summed E-state index contributed by atoms with van der Waals surface area (Å²) in [5.74, 6) is 0.165. The van der Waals surface area contributed by atoms with Crippen LogP contribution in [0.4, 0.5) is 5.69 Å². The van der Waals surface area contributed by atoms with Crippen molar-refractivity contribution in [1.82, 2.24) is 19.3 Å². The van der Waals surface area contributed by atoms with Crippen LogP contribution in [0.1, 0.15) is 16.2 Å². The molecule has 1 amide bonds. The molecule has 0 aliphatic carbocycles. The second-order valence-electron chi connectivity index (χ2n) is 5.50. The summed E-state index contributed by atoms with van der Waals surface area (Å²) < 4.78 is 29.2. The molecule has 3 aromatic rings. The molecule has 134 valence electrons. The number of rotatable bonds is 6. The van der Waals surface area contributed by atoms with Crippen LogP contribution in [0.5, 0.6) is 0 Å². The van der Waals surface area contributed by atoms with Crippen molar-refractivity contribution in [3.8, 4) is 0 Å². The van der Waals surface area contributed by atoms with Crippen LogP contribution in [0.25, 0.3) is 0 Å². The Hall–Kier alpha value is -3.04. The standard InChI is InChI=1S/C17H17N5O3S/c1-22-9-8-19-16(22)12-20-26(24,25)15-6-2-4-13(10-15)17(23)21-14-5-3-7-18-11-14/h2-11,20H,12H2,1H3,(H,21,23). The van der Waals surface area contributed by atoms with E-state index in [1.165, 1.54) is 24.4 Å². The van der Waals surface area contributed by atoms with Gasteiger partial charge in [0.1, 0.15) is 5.82 Å². The Balaban J connectivity index is 1.75. The van der Waals surface area contributed by atoms with Crippen molar-refractivity contribution in [1.29, 1.82) is 0 Å². The van der Waals surface area contributed by atoms with Gasteiger partial charge in [0, 0.05) is 31.2 Å². The number of carbonyl (C=O) groups is 1. The minimum Gasteiger partial charge on any atom is -0.337 e. The summed E-state index contributed by atoms with van der Waals surface area (Å²) in [6.07, 6.45) is 6.42. The Labute approximate surface area is 151 Å². The first kappa shape index (κ1) is 17.8. The summed E-state index contributed by atoms with van der Waals surface area (Å²) >= 11 is 0. The summed E-state index contributed by atoms with van der Waals surface area (Å²) in [6.45, 7) is 0.0535. The quantitative estimate of drug-likeness (QED) is 0.684. The van der Waals surface area contributed by atoms with Gasteiger partial charge in [0.05, 0.1) is 23.3 Å². The highest BCUT2D eigenvalue weighted by Gasteiger charge is 2.17. The van der Waals surface area contributed by atoms with Gasteiger partial charge in [-0.1, -0.05) is 6.07 Å². The molecule has 0 spiro atoms. The fraction of sp³-hybridized carbons (Fsp3) is 0.118. The van der Waals surface area contributed by atoms with Gasteiger partial charge in [-0.2, -0.15) is 0 Å². The van der Waals surface area contributed by atoms with Crippen molar-refractivity contribution in [3.63, 3.8) is 0 Å². The Morgan fingerprint density at radius 2 is 2.04 bits per heavy atom. The number of amides is 1. The van der Waals surface area contributed by atoms with E-state index in [1.807, 2.05) is 0 Å². The lowest BCUT2D eigenvalue weighted by atomic mass is 10.2. The van der Waals surface area contributed by atoms with Crippen LogP contribution < -0.4 is 10.0 Å². The van der Waals surface area contributed by atoms with E-state index < -0.39 is 15.9 Å². The number of aromatic nitrogens is 3. The van der Waals surface area contributed by atoms with E-state index in [1.54, 1.807) is 48.4 Å². The number of aryl methyl sites for hydroxylation is 1. The first-order valence-electron chi connectivity index (χ1n) is 7.73. The molecule has 3 rings (SSSR count). The fourth-order valence-corrected chi connectivity index (χ4v) is 3.28. The molecule has 0 atom stereocenters. The smallest absolute Gasteiger partial charge is 0.255 e. The van der Waals surface area contributed by atoms with Crippen molar-refractivity contribution < 1.29 is 13.2 Å². The van der Waals surface area contributed by atoms with Gasteiger partial charge >= 0.3 is 0 Å². The van der Waals surface area contributed by atoms with E-state index in [0.717, 1.165) is 0 Å². The largest absolute Gasteiger partial charge is 0.337 e. The van der Waals surface area contributed by atoms with E-state index >= 15 is 0 Å². The molecular weight excluding hydrogens is 354 g/mol. The maximum Gasteiger partial charge on any atom is 0.255 e. The van der Waals surface area contributed by atoms with Gasteiger partial charge < -0.3 is 9.88 Å². The lowest BCUT2D eigenvalue weighted by Crippen LogP contribution is -2.25. The number of imidazole rings is 1. The average molecular weight is 371 g/mol. The number of pyridine rings is 1. The third kappa shape index (κ3) is 4.13. The van der Waals surface area contributed by atoms with Crippen LogP contribution in [0.15, 0.2) is 66.1 Å². The normalized spacial score (nSPS) is 11.3. The van der Waals surface area contributed by atoms with Crippen LogP contribution in [-0.4, -0.2) is 28.9 Å². The van der Waals surface area contributed by atoms with E-state index in [9.17, 15) is 13.2 Å². The van der Waals surface area contributed by atoms with E-state index in [-0.39, 0.29) is 17.0 Å². The van der Waals surface area contributed by atoms with E-state index in [2.05, 4.69) is 20.0 Å². The molecule has 0 fully saturated rings. The summed E-state index contributed by atoms with van der Waals surface area (Å²) in [5.41, 5.74) is 0.757. The number of hydrogen-bond acceptors (Lipinski definition) is 5. The molecule has 2 aromatic heterocycles. The van der Waals surface area contributed by atoms with E-state index in [0.29, 0.717) is 11.5 Å². The van der Waals surface area contributed by atoms with Crippen LogP contribution in [0.3, 0.4) is 0 Å². The molecule has 2 heterocycles. The molecule has 0 saturated carbocycles. The predicted octanol–water partition coefficient (Wildman–Crippen LogP) is 1.55. The first-order valence-corrected chi connectivity index (χ1v) is 9.21. The Morgan fingerprint density at radius 3 is 2.73 bits per heavy atom. The van der Waals surface area contributed by atoms with Crippen LogP contribution >= 0.6 is 0 Å². The molecule has 26 heavy (non-hydrogen) atoms. The zero-order valence-corrected chi connectivity index (χ0v) is 14.8. The Morgan fingerprint density at radius 1 is 1.19 bits per heavy atom. The molecule has 2 N–H and O–H groups in total. The molecule has 0 unspecified atom stereocenters. The van der Waals surface area contributed by atoms with Crippen molar-refractivity contribution in [2.75, 3.05) is 5.32 Å². The predicted molar refractivity (Wildman–Crippen MR) is 95.9 cm³/mol. The van der Waals surface area contributed by atoms with Crippen molar-refractivity contribution in [2.45, 2.75) is 11.4 Å². The van der Waals surface area contributed by atoms with Crippen molar-refractivity contribution in [3.05, 3.63) is 72.6 Å². The SMILES string of the molecule is Cn1ccnc1CNS(=O)(=O)c1cccc(C(=O)Nc2cccnc2)c1. The lowest BCUT2D eigenvalue weighted by molar-refractivity contribution is 0.102. The molecule has 1 aromatic carbocycles. The third-order valence-electron chi connectivity index (χ3n) is 3.67. The lowest BCUT2D eigenvalue weighted by Gasteiger charge is -2.09. The molecule has 9 heteroatoms. The highest BCUT2D eigenvalue weighted by atomic mass is 32.2. The van der Waals surface area contributed by atoms with Gasteiger partial charge in [0.2, 0.25) is 10.0 Å². The average Bonchev–Trinajstić information content (AvgIpc) is 3.06. The number of nitrogens with zero attached hydrogens (tertiary/aromatic N) is 3. The first-order chi connectivity index (χ1) is 12.5. The van der Waals surface area contributed by atoms with Crippen LogP contribution in [0, 0.1) is 0 Å². The molecule has 0 radical (unpaired) electrons. The minimum absolute atomic E-state index is 0.00514. The van der Waals surface area contributed by atoms with Gasteiger partial charge in [0.15, 0.2) is 0 Å². The van der Waals surface area contributed by atoms with E-state index in [4.69, 9.17) is 0 Å². The molecular formula is C17H17N5O3S. The van der Waals surface area contributed by atoms with Gasteiger partial charge in [-0.3, -0.25) is 9.78 Å². The molecule has 0 bridgehead atoms. The topological polar surface area (TPSA) is 106 Å². The number of anilines is 1. The van der Waals surface area contributed by atoms with Gasteiger partial charge in [-0.15, -0.1) is 0 Å². The second kappa shape index (κ2) is 7.46. The Bertz CT molecular complexity index is 1020. The van der Waals surface area contributed by atoms with Crippen LogP contribution in [0.2, 0.25) is 0 Å². The molecule has 8 nitrogen and oxygen atoms in total. The summed E-state index contributed by atoms with van der Waals surface area (Å²) in [4.78, 5) is 20.3. The molecule has 0 saturated heterocycles. The zero-order chi connectivity index (χ0) is 18.6. The van der Waals surface area contributed by atoms with Gasteiger partial charge in [0.25, 0.3) is 5.91 Å². The second-order valence-corrected chi connectivity index (χ2v) is 7.27. The Kier molecular flexibility index (Phi) is 5.10. The zero-order valence-electron chi connectivity index (χ0n) is 14.0. The number of nitrogens with one attached hydrogen (secondary N) is 2. The number of sulfonamides is 1. The summed E-state index contributed by atoms with van der Waals surface area (Å²) in [6, 6.07) is 9.21. The third-order valence-corrected chi connectivity index (χ3v) is 5.07. The highest BCUT2D eigenvalue weighted by molar-refractivity contribution is 7.89. The number of carbonyl (C=O) groups excluding carboxylic acids is 1. The molecule has 0 aliphatic heterocycles. The highest BCUT2D eigenvalue weighted by Crippen LogP contribution is 2.14. The number of hydrogen-bond donors (Lipinski definition) is 2. The summed E-state index contributed by atoms with van der Waals surface area (Å²) in [7, 11) is -2.00. The maximum atomic E-state index is 12.5. The minimum atomic E-state index is -3.78.